The first-order valence-electron chi connectivity index (χ1n) is 4.62. The molecule has 0 aromatic heterocycles. The molecule has 1 fully saturated rings. The summed E-state index contributed by atoms with van der Waals surface area (Å²) < 4.78 is 0. The predicted octanol–water partition coefficient (Wildman–Crippen LogP) is 2.34. The van der Waals surface area contributed by atoms with Crippen LogP contribution in [0.15, 0.2) is 12.3 Å². The highest BCUT2D eigenvalue weighted by Gasteiger charge is 2.23. The van der Waals surface area contributed by atoms with Gasteiger partial charge >= 0.3 is 0 Å². The Kier molecular flexibility index (Phi) is 2.16. The van der Waals surface area contributed by atoms with E-state index in [1.807, 2.05) is 6.20 Å². The minimum atomic E-state index is 0.791. The van der Waals surface area contributed by atoms with Gasteiger partial charge in [0, 0.05) is 0 Å². The first kappa shape index (κ1) is 7.20. The Morgan fingerprint density at radius 3 is 2.73 bits per heavy atom. The maximum atomic E-state index is 3.17. The highest BCUT2D eigenvalue weighted by Crippen LogP contribution is 2.34. The molecule has 1 N–H and O–H groups in total. The zero-order valence-electron chi connectivity index (χ0n) is 6.84. The summed E-state index contributed by atoms with van der Waals surface area (Å²) in [6.45, 7) is 3.17. The lowest BCUT2D eigenvalue weighted by molar-refractivity contribution is 0.387. The number of allylic oxidation sites excluding steroid dienone is 1. The van der Waals surface area contributed by atoms with E-state index in [9.17, 15) is 0 Å². The molecule has 1 unspecified atom stereocenters. The van der Waals surface area contributed by atoms with Gasteiger partial charge in [-0.25, -0.2) is 0 Å². The molecular formula is C10H15N. The first-order valence-corrected chi connectivity index (χ1v) is 4.62. The van der Waals surface area contributed by atoms with Gasteiger partial charge in [0.1, 0.15) is 0 Å². The van der Waals surface area contributed by atoms with E-state index >= 15 is 0 Å². The van der Waals surface area contributed by atoms with E-state index in [1.54, 1.807) is 0 Å². The van der Waals surface area contributed by atoms with Crippen molar-refractivity contribution in [1.29, 1.82) is 0 Å². The number of hydrogen-bond donors (Lipinski definition) is 1. The average Bonchev–Trinajstić information content (AvgIpc) is 2.58. The molecule has 1 aliphatic carbocycles. The average molecular weight is 149 g/mol. The van der Waals surface area contributed by atoms with Crippen molar-refractivity contribution in [2.45, 2.75) is 32.1 Å². The minimum absolute atomic E-state index is 0.791. The molecule has 60 valence electrons. The fourth-order valence-corrected chi connectivity index (χ4v) is 2.18. The van der Waals surface area contributed by atoms with Crippen LogP contribution < -0.4 is 5.32 Å². The second kappa shape index (κ2) is 3.29. The molecule has 2 rings (SSSR count). The lowest BCUT2D eigenvalue weighted by atomic mass is 9.87. The van der Waals surface area contributed by atoms with Gasteiger partial charge in [-0.1, -0.05) is 18.9 Å². The molecule has 1 heteroatoms. The van der Waals surface area contributed by atoms with Crippen LogP contribution in [0.4, 0.5) is 0 Å². The van der Waals surface area contributed by atoms with Crippen LogP contribution in [0.1, 0.15) is 32.1 Å². The number of hydrogen-bond acceptors (Lipinski definition) is 1. The van der Waals surface area contributed by atoms with Gasteiger partial charge in [-0.2, -0.15) is 0 Å². The molecular weight excluding hydrogens is 134 g/mol. The lowest BCUT2D eigenvalue weighted by Gasteiger charge is -2.22. The summed E-state index contributed by atoms with van der Waals surface area (Å²) in [7, 11) is 0. The first-order chi connectivity index (χ1) is 5.47. The molecule has 0 spiro atoms. The Balaban J connectivity index is 1.91. The van der Waals surface area contributed by atoms with Gasteiger partial charge in [-0.05, 0) is 37.3 Å². The van der Waals surface area contributed by atoms with E-state index in [-0.39, 0.29) is 0 Å². The molecule has 1 heterocycles. The van der Waals surface area contributed by atoms with Crippen LogP contribution >= 0.6 is 0 Å². The summed E-state index contributed by atoms with van der Waals surface area (Å²) >= 11 is 0. The van der Waals surface area contributed by atoms with Crippen molar-refractivity contribution in [2.75, 3.05) is 0 Å². The van der Waals surface area contributed by atoms with Crippen LogP contribution in [0.2, 0.25) is 0 Å². The minimum Gasteiger partial charge on any atom is -0.381 e. The third kappa shape index (κ3) is 1.58. The van der Waals surface area contributed by atoms with Gasteiger partial charge in [0.15, 0.2) is 0 Å². The maximum Gasteiger partial charge on any atom is 0.0881 e. The summed E-state index contributed by atoms with van der Waals surface area (Å²) in [5.41, 5.74) is 0. The summed E-state index contributed by atoms with van der Waals surface area (Å²) in [5.74, 6) is 1.75. The molecule has 0 amide bonds. The van der Waals surface area contributed by atoms with E-state index in [2.05, 4.69) is 17.9 Å². The normalized spacial score (nSPS) is 32.2. The molecule has 1 aliphatic heterocycles. The summed E-state index contributed by atoms with van der Waals surface area (Å²) in [6.07, 6.45) is 11.2. The summed E-state index contributed by atoms with van der Waals surface area (Å²) in [6, 6.07) is 0. The van der Waals surface area contributed by atoms with E-state index in [0.29, 0.717) is 0 Å². The van der Waals surface area contributed by atoms with Gasteiger partial charge in [-0.3, -0.25) is 0 Å². The topological polar surface area (TPSA) is 12.0 Å². The highest BCUT2D eigenvalue weighted by atomic mass is 14.8. The molecule has 0 bridgehead atoms. The Morgan fingerprint density at radius 2 is 2.09 bits per heavy atom. The molecule has 1 saturated carbocycles. The second-order valence-corrected chi connectivity index (χ2v) is 3.59. The molecule has 0 aromatic carbocycles. The monoisotopic (exact) mass is 149 g/mol. The van der Waals surface area contributed by atoms with Crippen molar-refractivity contribution in [3.05, 3.63) is 18.8 Å². The Hall–Kier alpha value is -0.460. The Morgan fingerprint density at radius 1 is 1.27 bits per heavy atom. The maximum absolute atomic E-state index is 3.17. The summed E-state index contributed by atoms with van der Waals surface area (Å²) in [5, 5.41) is 3.01. The molecule has 1 nitrogen and oxygen atoms in total. The third-order valence-corrected chi connectivity index (χ3v) is 2.87. The largest absolute Gasteiger partial charge is 0.381 e. The standard InChI is InChI=1S/C10H15N/c1-2-4-9(3-1)10-5-7-11-8-6-10/h5,7,9-11H,1-4,6H2. The van der Waals surface area contributed by atoms with Gasteiger partial charge < -0.3 is 5.32 Å². The van der Waals surface area contributed by atoms with Crippen molar-refractivity contribution >= 4 is 0 Å². The van der Waals surface area contributed by atoms with E-state index in [1.165, 1.54) is 25.7 Å². The zero-order valence-corrected chi connectivity index (χ0v) is 6.84. The van der Waals surface area contributed by atoms with Crippen LogP contribution in [0, 0.1) is 18.4 Å². The zero-order chi connectivity index (χ0) is 7.52. The van der Waals surface area contributed by atoms with Gasteiger partial charge in [0.2, 0.25) is 0 Å². The van der Waals surface area contributed by atoms with Gasteiger partial charge in [0.05, 0.1) is 6.54 Å². The van der Waals surface area contributed by atoms with Crippen molar-refractivity contribution in [3.63, 3.8) is 0 Å². The highest BCUT2D eigenvalue weighted by molar-refractivity contribution is 4.99. The molecule has 2 aliphatic rings. The van der Waals surface area contributed by atoms with Crippen molar-refractivity contribution in [3.8, 4) is 0 Å². The second-order valence-electron chi connectivity index (χ2n) is 3.59. The fraction of sp³-hybridized carbons (Fsp3) is 0.700. The Bertz CT molecular complexity index is 145. The van der Waals surface area contributed by atoms with Crippen LogP contribution in [-0.4, -0.2) is 0 Å². The summed E-state index contributed by atoms with van der Waals surface area (Å²) in [4.78, 5) is 0. The van der Waals surface area contributed by atoms with Gasteiger partial charge in [0.25, 0.3) is 0 Å². The Labute approximate surface area is 68.9 Å². The van der Waals surface area contributed by atoms with E-state index in [0.717, 1.165) is 18.3 Å². The van der Waals surface area contributed by atoms with Crippen LogP contribution in [-0.2, 0) is 0 Å². The SMILES string of the molecule is [C]1CC(C2CCCC2)C=CN1. The van der Waals surface area contributed by atoms with Crippen LogP contribution in [0.25, 0.3) is 0 Å². The van der Waals surface area contributed by atoms with Crippen molar-refractivity contribution in [1.82, 2.24) is 5.32 Å². The lowest BCUT2D eigenvalue weighted by Crippen LogP contribution is -2.17. The smallest absolute Gasteiger partial charge is 0.0881 e. The fourth-order valence-electron chi connectivity index (χ4n) is 2.18. The van der Waals surface area contributed by atoms with E-state index < -0.39 is 0 Å². The number of nitrogens with one attached hydrogen (secondary N) is 1. The van der Waals surface area contributed by atoms with E-state index in [4.69, 9.17) is 0 Å². The van der Waals surface area contributed by atoms with Crippen LogP contribution in [0.3, 0.4) is 0 Å². The quantitative estimate of drug-likeness (QED) is 0.603. The third-order valence-electron chi connectivity index (χ3n) is 2.87. The van der Waals surface area contributed by atoms with Gasteiger partial charge in [-0.15, -0.1) is 0 Å². The van der Waals surface area contributed by atoms with Crippen molar-refractivity contribution < 1.29 is 0 Å². The number of rotatable bonds is 1. The molecule has 2 radical (unpaired) electrons. The molecule has 1 atom stereocenters. The predicted molar refractivity (Wildman–Crippen MR) is 45.6 cm³/mol. The molecule has 0 saturated heterocycles. The molecule has 0 aromatic rings. The van der Waals surface area contributed by atoms with Crippen molar-refractivity contribution in [2.24, 2.45) is 11.8 Å². The van der Waals surface area contributed by atoms with Crippen LogP contribution in [0.5, 0.6) is 0 Å². The molecule has 11 heavy (non-hydrogen) atoms.